The van der Waals surface area contributed by atoms with Crippen LogP contribution < -0.4 is 0 Å². The number of nitrogens with zero attached hydrogens (tertiary/aromatic N) is 1. The zero-order valence-corrected chi connectivity index (χ0v) is 10.2. The molecule has 1 heterocycles. The van der Waals surface area contributed by atoms with Gasteiger partial charge in [-0.2, -0.15) is 0 Å². The van der Waals surface area contributed by atoms with Crippen LogP contribution in [0.5, 0.6) is 0 Å². The van der Waals surface area contributed by atoms with E-state index in [-0.39, 0.29) is 12.0 Å². The molecular formula is C14H19NO2. The van der Waals surface area contributed by atoms with Crippen molar-refractivity contribution in [3.05, 3.63) is 35.4 Å². The molecular weight excluding hydrogens is 214 g/mol. The van der Waals surface area contributed by atoms with Crippen molar-refractivity contribution in [1.82, 2.24) is 4.90 Å². The first-order valence-electron chi connectivity index (χ1n) is 6.16. The van der Waals surface area contributed by atoms with Gasteiger partial charge in [0.25, 0.3) is 0 Å². The molecule has 0 bridgehead atoms. The molecule has 1 amide bonds. The minimum absolute atomic E-state index is 0.118. The maximum absolute atomic E-state index is 12.0. The van der Waals surface area contributed by atoms with Crippen LogP contribution >= 0.6 is 0 Å². The van der Waals surface area contributed by atoms with Crippen molar-refractivity contribution in [2.45, 2.75) is 32.3 Å². The van der Waals surface area contributed by atoms with Crippen molar-refractivity contribution in [2.24, 2.45) is 0 Å². The maximum Gasteiger partial charge on any atom is 0.227 e. The highest BCUT2D eigenvalue weighted by Gasteiger charge is 2.21. The Morgan fingerprint density at radius 1 is 1.41 bits per heavy atom. The van der Waals surface area contributed by atoms with Crippen LogP contribution in [-0.4, -0.2) is 35.1 Å². The second-order valence-corrected chi connectivity index (χ2v) is 4.80. The van der Waals surface area contributed by atoms with Gasteiger partial charge in [-0.05, 0) is 25.3 Å². The summed E-state index contributed by atoms with van der Waals surface area (Å²) in [6, 6.07) is 8.03. The molecule has 17 heavy (non-hydrogen) atoms. The highest BCUT2D eigenvalue weighted by Crippen LogP contribution is 2.12. The summed E-state index contributed by atoms with van der Waals surface area (Å²) in [5, 5.41) is 9.54. The summed E-state index contributed by atoms with van der Waals surface area (Å²) in [6.45, 7) is 3.30. The van der Waals surface area contributed by atoms with Crippen LogP contribution in [0.15, 0.2) is 24.3 Å². The Bertz CT molecular complexity index is 386. The van der Waals surface area contributed by atoms with Gasteiger partial charge in [0.15, 0.2) is 0 Å². The minimum atomic E-state index is -0.342. The largest absolute Gasteiger partial charge is 0.391 e. The van der Waals surface area contributed by atoms with Gasteiger partial charge in [0.1, 0.15) is 0 Å². The van der Waals surface area contributed by atoms with Crippen molar-refractivity contribution in [3.8, 4) is 0 Å². The fourth-order valence-electron chi connectivity index (χ4n) is 2.17. The second kappa shape index (κ2) is 5.32. The Labute approximate surface area is 102 Å². The molecule has 3 heteroatoms. The van der Waals surface area contributed by atoms with Gasteiger partial charge in [0.2, 0.25) is 5.91 Å². The number of likely N-dealkylation sites (tertiary alicyclic amines) is 1. The first kappa shape index (κ1) is 12.1. The SMILES string of the molecule is Cc1ccc(CC(=O)N2CCCC(O)C2)cc1. The topological polar surface area (TPSA) is 40.5 Å². The van der Waals surface area contributed by atoms with E-state index in [1.54, 1.807) is 4.90 Å². The van der Waals surface area contributed by atoms with Crippen molar-refractivity contribution in [2.75, 3.05) is 13.1 Å². The molecule has 1 fully saturated rings. The number of benzene rings is 1. The Kier molecular flexibility index (Phi) is 3.79. The first-order valence-corrected chi connectivity index (χ1v) is 6.16. The molecule has 0 saturated carbocycles. The third-order valence-corrected chi connectivity index (χ3v) is 3.23. The highest BCUT2D eigenvalue weighted by atomic mass is 16.3. The lowest BCUT2D eigenvalue weighted by Gasteiger charge is -2.30. The van der Waals surface area contributed by atoms with E-state index >= 15 is 0 Å². The third kappa shape index (κ3) is 3.30. The Morgan fingerprint density at radius 2 is 2.12 bits per heavy atom. The molecule has 1 aromatic carbocycles. The van der Waals surface area contributed by atoms with Crippen LogP contribution in [0.3, 0.4) is 0 Å². The van der Waals surface area contributed by atoms with Gasteiger partial charge in [-0.1, -0.05) is 29.8 Å². The predicted octanol–water partition coefficient (Wildman–Crippen LogP) is 1.52. The monoisotopic (exact) mass is 233 g/mol. The first-order chi connectivity index (χ1) is 8.15. The van der Waals surface area contributed by atoms with Gasteiger partial charge in [0, 0.05) is 13.1 Å². The number of hydrogen-bond donors (Lipinski definition) is 1. The smallest absolute Gasteiger partial charge is 0.227 e. The molecule has 0 aromatic heterocycles. The summed E-state index contributed by atoms with van der Waals surface area (Å²) in [5.41, 5.74) is 2.25. The van der Waals surface area contributed by atoms with E-state index in [1.807, 2.05) is 31.2 Å². The van der Waals surface area contributed by atoms with Gasteiger partial charge in [-0.25, -0.2) is 0 Å². The quantitative estimate of drug-likeness (QED) is 0.841. The summed E-state index contributed by atoms with van der Waals surface area (Å²) in [5.74, 6) is 0.118. The molecule has 1 unspecified atom stereocenters. The van der Waals surface area contributed by atoms with Crippen molar-refractivity contribution < 1.29 is 9.90 Å². The van der Waals surface area contributed by atoms with Crippen molar-refractivity contribution in [3.63, 3.8) is 0 Å². The molecule has 3 nitrogen and oxygen atoms in total. The molecule has 2 rings (SSSR count). The maximum atomic E-state index is 12.0. The van der Waals surface area contributed by atoms with Crippen LogP contribution in [0.2, 0.25) is 0 Å². The molecule has 1 atom stereocenters. The number of piperidine rings is 1. The third-order valence-electron chi connectivity index (χ3n) is 3.23. The van der Waals surface area contributed by atoms with E-state index in [0.29, 0.717) is 13.0 Å². The van der Waals surface area contributed by atoms with E-state index in [1.165, 1.54) is 5.56 Å². The van der Waals surface area contributed by atoms with Crippen LogP contribution in [0.1, 0.15) is 24.0 Å². The normalized spacial score (nSPS) is 20.4. The number of hydrogen-bond acceptors (Lipinski definition) is 2. The number of β-amino-alcohol motifs (C(OH)–C–C–N with tert-alkyl or cyclic N) is 1. The summed E-state index contributed by atoms with van der Waals surface area (Å²) in [4.78, 5) is 13.8. The van der Waals surface area contributed by atoms with Crippen molar-refractivity contribution >= 4 is 5.91 Å². The van der Waals surface area contributed by atoms with Gasteiger partial charge in [-0.15, -0.1) is 0 Å². The van der Waals surface area contributed by atoms with E-state index < -0.39 is 0 Å². The molecule has 1 saturated heterocycles. The molecule has 1 aliphatic rings. The van der Waals surface area contributed by atoms with Crippen LogP contribution in [0.25, 0.3) is 0 Å². The summed E-state index contributed by atoms with van der Waals surface area (Å²) >= 11 is 0. The summed E-state index contributed by atoms with van der Waals surface area (Å²) in [7, 11) is 0. The molecule has 0 aliphatic carbocycles. The fraction of sp³-hybridized carbons (Fsp3) is 0.500. The lowest BCUT2D eigenvalue weighted by atomic mass is 10.1. The zero-order valence-electron chi connectivity index (χ0n) is 10.2. The van der Waals surface area contributed by atoms with E-state index in [2.05, 4.69) is 0 Å². The lowest BCUT2D eigenvalue weighted by molar-refractivity contribution is -0.133. The van der Waals surface area contributed by atoms with Crippen LogP contribution in [0.4, 0.5) is 0 Å². The highest BCUT2D eigenvalue weighted by molar-refractivity contribution is 5.78. The molecule has 1 aromatic rings. The molecule has 1 N–H and O–H groups in total. The molecule has 92 valence electrons. The average molecular weight is 233 g/mol. The summed E-state index contributed by atoms with van der Waals surface area (Å²) < 4.78 is 0. The molecule has 0 spiro atoms. The average Bonchev–Trinajstić information content (AvgIpc) is 2.32. The van der Waals surface area contributed by atoms with E-state index in [4.69, 9.17) is 0 Å². The Morgan fingerprint density at radius 3 is 2.76 bits per heavy atom. The molecule has 1 aliphatic heterocycles. The van der Waals surface area contributed by atoms with Gasteiger partial charge in [0.05, 0.1) is 12.5 Å². The zero-order chi connectivity index (χ0) is 12.3. The van der Waals surface area contributed by atoms with Gasteiger partial charge < -0.3 is 10.0 Å². The minimum Gasteiger partial charge on any atom is -0.391 e. The Hall–Kier alpha value is -1.35. The summed E-state index contributed by atoms with van der Waals surface area (Å²) in [6.07, 6.45) is 1.81. The lowest BCUT2D eigenvalue weighted by Crippen LogP contribution is -2.42. The van der Waals surface area contributed by atoms with Crippen molar-refractivity contribution in [1.29, 1.82) is 0 Å². The standard InChI is InChI=1S/C14H19NO2/c1-11-4-6-12(7-5-11)9-14(17)15-8-2-3-13(16)10-15/h4-7,13,16H,2-3,8-10H2,1H3. The predicted molar refractivity (Wildman–Crippen MR) is 66.7 cm³/mol. The molecule has 0 radical (unpaired) electrons. The fourth-order valence-corrected chi connectivity index (χ4v) is 2.17. The number of aryl methyl sites for hydroxylation is 1. The van der Waals surface area contributed by atoms with Gasteiger partial charge >= 0.3 is 0 Å². The number of aliphatic hydroxyl groups excluding tert-OH is 1. The number of rotatable bonds is 2. The van der Waals surface area contributed by atoms with Gasteiger partial charge in [-0.3, -0.25) is 4.79 Å². The second-order valence-electron chi connectivity index (χ2n) is 4.80. The number of carbonyl (C=O) groups is 1. The number of amides is 1. The number of aliphatic hydroxyl groups is 1. The van der Waals surface area contributed by atoms with Crippen LogP contribution in [0, 0.1) is 6.92 Å². The Balaban J connectivity index is 1.94. The number of carbonyl (C=O) groups excluding carboxylic acids is 1. The van der Waals surface area contributed by atoms with Crippen LogP contribution in [-0.2, 0) is 11.2 Å². The van der Waals surface area contributed by atoms with E-state index in [9.17, 15) is 9.90 Å². The van der Waals surface area contributed by atoms with E-state index in [0.717, 1.165) is 24.9 Å².